The van der Waals surface area contributed by atoms with Crippen molar-refractivity contribution in [2.24, 2.45) is 0 Å². The summed E-state index contributed by atoms with van der Waals surface area (Å²) in [4.78, 5) is 22.9. The molecule has 0 aliphatic heterocycles. The number of esters is 1. The summed E-state index contributed by atoms with van der Waals surface area (Å²) in [5.74, 6) is 0.757. The van der Waals surface area contributed by atoms with Gasteiger partial charge >= 0.3 is 12.1 Å². The van der Waals surface area contributed by atoms with Crippen molar-refractivity contribution in [3.63, 3.8) is 0 Å². The first-order chi connectivity index (χ1) is 18.3. The number of amides is 1. The molecule has 0 rings (SSSR count). The lowest BCUT2D eigenvalue weighted by Crippen LogP contribution is -2.62. The van der Waals surface area contributed by atoms with Gasteiger partial charge in [0, 0.05) is 12.2 Å². The van der Waals surface area contributed by atoms with E-state index in [-0.39, 0.29) is 29.9 Å². The zero-order valence-corrected chi connectivity index (χ0v) is 30.6. The van der Waals surface area contributed by atoms with Crippen molar-refractivity contribution in [2.75, 3.05) is 51.2 Å². The predicted molar refractivity (Wildman–Crippen MR) is 174 cm³/mol. The second-order valence-electron chi connectivity index (χ2n) is 12.8. The van der Waals surface area contributed by atoms with E-state index < -0.39 is 38.7 Å². The Morgan fingerprint density at radius 3 is 2.08 bits per heavy atom. The third-order valence-electron chi connectivity index (χ3n) is 7.75. The highest BCUT2D eigenvalue weighted by atomic mass is 32.3. The van der Waals surface area contributed by atoms with E-state index in [1.165, 1.54) is 18.6 Å². The summed E-state index contributed by atoms with van der Waals surface area (Å²) in [5.41, 5.74) is 0.318. The maximum atomic E-state index is 11.7. The minimum atomic E-state index is -2.23. The molecule has 238 valence electrons. The molecule has 0 fully saturated rings. The van der Waals surface area contributed by atoms with Crippen LogP contribution >= 0.6 is 10.0 Å². The lowest BCUT2D eigenvalue weighted by Gasteiger charge is -2.55. The Morgan fingerprint density at radius 2 is 1.52 bits per heavy atom. The van der Waals surface area contributed by atoms with Crippen LogP contribution in [-0.4, -0.2) is 90.1 Å². The molecule has 0 radical (unpaired) electrons. The van der Waals surface area contributed by atoms with Crippen molar-refractivity contribution in [2.45, 2.75) is 110 Å². The second-order valence-corrected chi connectivity index (χ2v) is 25.8. The van der Waals surface area contributed by atoms with Crippen LogP contribution in [0.2, 0.25) is 32.2 Å². The van der Waals surface area contributed by atoms with Gasteiger partial charge in [-0.15, -0.1) is 0 Å². The molecule has 0 aromatic carbocycles. The number of nitrogens with one attached hydrogen (secondary N) is 1. The molecule has 1 amide bonds. The van der Waals surface area contributed by atoms with Crippen LogP contribution < -0.4 is 5.32 Å². The van der Waals surface area contributed by atoms with E-state index in [2.05, 4.69) is 85.2 Å². The standard InChI is InChI=1S/C29H61NO7SSi2/c1-14-16-23-38(8,9)29(7,15-2)37-40(12,13)28(5,6)36-39(10,11)24-17-19-33-21-22-35-27(32)30-18-20-34-26(31)25(3)4/h3,14-24H2,1-2,4-13H3,(H,30,32). The van der Waals surface area contributed by atoms with Gasteiger partial charge in [0.25, 0.3) is 0 Å². The molecule has 0 spiro atoms. The van der Waals surface area contributed by atoms with Gasteiger partial charge in [0.05, 0.1) is 23.3 Å². The van der Waals surface area contributed by atoms with Crippen LogP contribution in [0.3, 0.4) is 0 Å². The first-order valence-electron chi connectivity index (χ1n) is 14.7. The van der Waals surface area contributed by atoms with Crippen LogP contribution in [-0.2, 0) is 27.9 Å². The number of carbonyl (C=O) groups excluding carboxylic acids is 2. The van der Waals surface area contributed by atoms with E-state index >= 15 is 0 Å². The molecular formula is C29H61NO7SSi2. The molecule has 1 atom stereocenters. The summed E-state index contributed by atoms with van der Waals surface area (Å²) in [6, 6.07) is 0.976. The summed E-state index contributed by atoms with van der Waals surface area (Å²) in [7, 11) is -5.12. The van der Waals surface area contributed by atoms with Gasteiger partial charge in [-0.2, -0.15) is 0 Å². The van der Waals surface area contributed by atoms with Gasteiger partial charge in [-0.05, 0) is 97.5 Å². The smallest absolute Gasteiger partial charge is 0.407 e. The molecule has 0 aliphatic carbocycles. The van der Waals surface area contributed by atoms with Crippen LogP contribution in [0.1, 0.15) is 67.2 Å². The van der Waals surface area contributed by atoms with Gasteiger partial charge in [-0.1, -0.05) is 26.8 Å². The number of unbranched alkanes of at least 4 members (excludes halogenated alkanes) is 1. The number of carbonyl (C=O) groups is 2. The van der Waals surface area contributed by atoms with Gasteiger partial charge in [-0.25, -0.2) is 19.6 Å². The quantitative estimate of drug-likeness (QED) is 0.0638. The summed E-state index contributed by atoms with van der Waals surface area (Å²) in [6.07, 6.45) is 8.67. The molecule has 40 heavy (non-hydrogen) atoms. The molecule has 0 heterocycles. The number of alkyl carbamates (subject to hydrolysis) is 1. The van der Waals surface area contributed by atoms with Crippen molar-refractivity contribution in [1.29, 1.82) is 0 Å². The maximum Gasteiger partial charge on any atom is 0.407 e. The summed E-state index contributed by atoms with van der Waals surface area (Å²) >= 11 is 0. The first-order valence-corrected chi connectivity index (χ1v) is 23.3. The molecule has 0 aliphatic rings. The fourth-order valence-corrected chi connectivity index (χ4v) is 13.7. The lowest BCUT2D eigenvalue weighted by atomic mass is 10.3. The van der Waals surface area contributed by atoms with Gasteiger partial charge in [0.2, 0.25) is 8.32 Å². The average Bonchev–Trinajstić information content (AvgIpc) is 2.83. The van der Waals surface area contributed by atoms with E-state index in [0.717, 1.165) is 18.9 Å². The fourth-order valence-electron chi connectivity index (χ4n) is 4.19. The van der Waals surface area contributed by atoms with Crippen LogP contribution in [0.15, 0.2) is 12.2 Å². The zero-order valence-electron chi connectivity index (χ0n) is 27.8. The molecular weight excluding hydrogens is 563 g/mol. The Morgan fingerprint density at radius 1 is 0.900 bits per heavy atom. The summed E-state index contributed by atoms with van der Waals surface area (Å²) in [5, 5.41) is 2.21. The molecule has 0 saturated heterocycles. The maximum absolute atomic E-state index is 11.7. The van der Waals surface area contributed by atoms with Crippen LogP contribution in [0.25, 0.3) is 0 Å². The van der Waals surface area contributed by atoms with Crippen LogP contribution in [0, 0.1) is 0 Å². The lowest BCUT2D eigenvalue weighted by molar-refractivity contribution is -0.138. The van der Waals surface area contributed by atoms with E-state index in [1.807, 2.05) is 0 Å². The minimum Gasteiger partial charge on any atom is -0.460 e. The van der Waals surface area contributed by atoms with Gasteiger partial charge in [0.15, 0.2) is 8.32 Å². The van der Waals surface area contributed by atoms with Gasteiger partial charge in [0.1, 0.15) is 13.2 Å². The minimum absolute atomic E-state index is 0.0670. The van der Waals surface area contributed by atoms with Crippen molar-refractivity contribution >= 4 is 38.7 Å². The SMILES string of the molecule is C=C(C)C(=O)OCCNC(=O)OCCOCCC[Si](C)(C)OC(C)(C)[Si](C)(C)OC(C)(CC)S(C)(C)CCCC. The molecule has 0 aromatic heterocycles. The normalized spacial score (nSPS) is 14.8. The van der Waals surface area contributed by atoms with Crippen LogP contribution in [0.4, 0.5) is 4.79 Å². The number of rotatable bonds is 21. The molecule has 0 saturated carbocycles. The molecule has 0 aromatic rings. The van der Waals surface area contributed by atoms with E-state index in [9.17, 15) is 9.59 Å². The third kappa shape index (κ3) is 13.9. The highest BCUT2D eigenvalue weighted by molar-refractivity contribution is 8.33. The highest BCUT2D eigenvalue weighted by Crippen LogP contribution is 2.57. The summed E-state index contributed by atoms with van der Waals surface area (Å²) < 4.78 is 29.8. The molecule has 1 unspecified atom stereocenters. The van der Waals surface area contributed by atoms with Gasteiger partial charge in [-0.3, -0.25) is 0 Å². The first kappa shape index (κ1) is 39.1. The van der Waals surface area contributed by atoms with E-state index in [4.69, 9.17) is 23.1 Å². The van der Waals surface area contributed by atoms with Crippen molar-refractivity contribution in [3.05, 3.63) is 12.2 Å². The number of hydrogen-bond donors (Lipinski definition) is 1. The number of hydrogen-bond acceptors (Lipinski definition) is 7. The molecule has 8 nitrogen and oxygen atoms in total. The van der Waals surface area contributed by atoms with Crippen molar-refractivity contribution in [3.8, 4) is 0 Å². The zero-order chi connectivity index (χ0) is 31.3. The van der Waals surface area contributed by atoms with E-state index in [1.54, 1.807) is 6.92 Å². The van der Waals surface area contributed by atoms with Crippen molar-refractivity contribution in [1.82, 2.24) is 5.32 Å². The largest absolute Gasteiger partial charge is 0.460 e. The Kier molecular flexibility index (Phi) is 16.9. The van der Waals surface area contributed by atoms with Gasteiger partial charge < -0.3 is 28.4 Å². The average molecular weight is 624 g/mol. The molecule has 11 heteroatoms. The molecule has 0 bridgehead atoms. The predicted octanol–water partition coefficient (Wildman–Crippen LogP) is 6.99. The Labute approximate surface area is 249 Å². The Bertz CT molecular complexity index is 805. The highest BCUT2D eigenvalue weighted by Gasteiger charge is 2.51. The number of ether oxygens (including phenoxy) is 3. The topological polar surface area (TPSA) is 92.3 Å². The second kappa shape index (κ2) is 17.3. The molecule has 1 N–H and O–H groups in total. The van der Waals surface area contributed by atoms with Crippen molar-refractivity contribution < 1.29 is 32.7 Å². The Hall–Kier alpha value is -0.856. The van der Waals surface area contributed by atoms with Crippen LogP contribution in [0.5, 0.6) is 0 Å². The van der Waals surface area contributed by atoms with E-state index in [0.29, 0.717) is 18.8 Å². The fraction of sp³-hybridized carbons (Fsp3) is 0.862. The third-order valence-corrected chi connectivity index (χ3v) is 18.7. The summed E-state index contributed by atoms with van der Waals surface area (Å²) in [6.45, 7) is 26.9. The monoisotopic (exact) mass is 623 g/mol. The Balaban J connectivity index is 4.57.